The Morgan fingerprint density at radius 3 is 0.933 bits per heavy atom. The van der Waals surface area contributed by atoms with Gasteiger partial charge in [-0.05, 0) is 0 Å². The Balaban J connectivity index is -0.0000000293. The summed E-state index contributed by atoms with van der Waals surface area (Å²) in [6, 6.07) is 0. The molecule has 15 heavy (non-hydrogen) atoms. The van der Waals surface area contributed by atoms with Gasteiger partial charge in [0.15, 0.2) is 0 Å². The molecule has 0 aromatic heterocycles. The maximum absolute atomic E-state index is 8.68. The Bertz CT molecular complexity index is 62.0. The second kappa shape index (κ2) is 65.3. The Kier molecular flexibility index (Phi) is 128. The van der Waals surface area contributed by atoms with Gasteiger partial charge in [-0.1, -0.05) is 26.7 Å². The van der Waals surface area contributed by atoms with Crippen LogP contribution in [0.5, 0.6) is 0 Å². The normalized spacial score (nSPS) is 5.73. The van der Waals surface area contributed by atoms with Crippen molar-refractivity contribution in [2.24, 2.45) is 0 Å². The summed E-state index contributed by atoms with van der Waals surface area (Å²) in [4.78, 5) is 17.4. The summed E-state index contributed by atoms with van der Waals surface area (Å²) in [6.07, 6.45) is 7.56. The zero-order chi connectivity index (χ0) is 12.2. The third-order valence-electron chi connectivity index (χ3n) is 0.707. The molecule has 0 aliphatic carbocycles. The van der Waals surface area contributed by atoms with Crippen LogP contribution in [0, 0.1) is 13.8 Å². The van der Waals surface area contributed by atoms with E-state index in [-0.39, 0.29) is 21.7 Å². The third-order valence-corrected chi connectivity index (χ3v) is 0.707. The van der Waals surface area contributed by atoms with Gasteiger partial charge in [-0.3, -0.25) is 12.6 Å². The van der Waals surface area contributed by atoms with Gasteiger partial charge < -0.3 is 23.4 Å². The van der Waals surface area contributed by atoms with Gasteiger partial charge in [0.2, 0.25) is 0 Å². The van der Waals surface area contributed by atoms with Crippen molar-refractivity contribution in [3.05, 3.63) is 13.8 Å². The molecule has 0 heterocycles. The van der Waals surface area contributed by atoms with Crippen LogP contribution in [0.1, 0.15) is 53.4 Å². The van der Waals surface area contributed by atoms with Crippen LogP contribution in [0.4, 0.5) is 0 Å². The second-order valence-corrected chi connectivity index (χ2v) is 2.12. The molecule has 0 bridgehead atoms. The molecular weight excluding hydrogens is 224 g/mol. The molecule has 0 unspecified atom stereocenters. The monoisotopic (exact) mass is 248 g/mol. The maximum atomic E-state index is 8.68. The fourth-order valence-electron chi connectivity index (χ4n) is 0. The predicted molar refractivity (Wildman–Crippen MR) is 63.3 cm³/mol. The number of rotatable bonds is 2. The maximum Gasteiger partial charge on any atom is 4.00 e. The van der Waals surface area contributed by atoms with E-state index in [1.807, 2.05) is 0 Å². The largest absolute Gasteiger partial charge is 4.00 e. The average molecular weight is 248 g/mol. The van der Waals surface area contributed by atoms with Crippen molar-refractivity contribution in [3.8, 4) is 0 Å². The molecule has 0 aromatic rings. The minimum atomic E-state index is 0. The standard InChI is InChI=1S/2C4H9.2C2H3O.Ti/c2*1-3-4-2;2*1-2-3;/h2*1,3-4H2,2H3;2*1H3;/q4*-1;+4. The van der Waals surface area contributed by atoms with Crippen LogP contribution in [-0.2, 0) is 31.3 Å². The van der Waals surface area contributed by atoms with Crippen LogP contribution in [0.15, 0.2) is 0 Å². The van der Waals surface area contributed by atoms with Crippen LogP contribution in [0.3, 0.4) is 0 Å². The fraction of sp³-hybridized carbons (Fsp3) is 0.667. The van der Waals surface area contributed by atoms with E-state index in [9.17, 15) is 0 Å². The smallest absolute Gasteiger partial charge is 0.542 e. The Morgan fingerprint density at radius 1 is 0.867 bits per heavy atom. The summed E-state index contributed by atoms with van der Waals surface area (Å²) < 4.78 is 0. The van der Waals surface area contributed by atoms with E-state index >= 15 is 0 Å². The van der Waals surface area contributed by atoms with Gasteiger partial charge in [0.25, 0.3) is 0 Å². The zero-order valence-electron chi connectivity index (χ0n) is 10.6. The molecule has 0 saturated heterocycles. The molecule has 0 spiro atoms. The average Bonchev–Trinajstić information content (AvgIpc) is 2.20. The molecule has 0 atom stereocenters. The Morgan fingerprint density at radius 2 is 0.933 bits per heavy atom. The summed E-state index contributed by atoms with van der Waals surface area (Å²) >= 11 is 0. The molecule has 0 saturated carbocycles. The van der Waals surface area contributed by atoms with Gasteiger partial charge in [-0.25, -0.2) is 0 Å². The summed E-state index contributed by atoms with van der Waals surface area (Å²) in [5.74, 6) is 0. The van der Waals surface area contributed by atoms with Crippen LogP contribution < -0.4 is 0 Å². The second-order valence-electron chi connectivity index (χ2n) is 2.12. The van der Waals surface area contributed by atoms with Gasteiger partial charge in [0.05, 0.1) is 0 Å². The van der Waals surface area contributed by atoms with Gasteiger partial charge in [0, 0.05) is 0 Å². The van der Waals surface area contributed by atoms with Crippen molar-refractivity contribution >= 4 is 12.6 Å². The van der Waals surface area contributed by atoms with Crippen molar-refractivity contribution in [2.75, 3.05) is 0 Å². The molecule has 0 amide bonds. The zero-order valence-corrected chi connectivity index (χ0v) is 12.1. The van der Waals surface area contributed by atoms with Crippen LogP contribution >= 0.6 is 0 Å². The first-order valence-electron chi connectivity index (χ1n) is 4.82. The van der Waals surface area contributed by atoms with Gasteiger partial charge in [-0.2, -0.15) is 26.7 Å². The SMILES string of the molecule is C[C-]=O.C[C-]=O.[CH2-]CCC.[CH2-]CCC.[Ti+4]. The van der Waals surface area contributed by atoms with E-state index < -0.39 is 0 Å². The quantitative estimate of drug-likeness (QED) is 0.554. The number of hydrogen-bond donors (Lipinski definition) is 0. The predicted octanol–water partition coefficient (Wildman–Crippen LogP) is 3.47. The molecule has 0 aliphatic heterocycles. The molecule has 2 nitrogen and oxygen atoms in total. The topological polar surface area (TPSA) is 34.1 Å². The molecule has 0 fully saturated rings. The number of carbonyl (C=O) groups excluding carboxylic acids is 2. The minimum Gasteiger partial charge on any atom is -0.542 e. The van der Waals surface area contributed by atoms with Crippen LogP contribution in [0.25, 0.3) is 0 Å². The Labute approximate surface area is 111 Å². The van der Waals surface area contributed by atoms with Gasteiger partial charge >= 0.3 is 21.7 Å². The first-order chi connectivity index (χ1) is 6.66. The van der Waals surface area contributed by atoms with E-state index in [1.165, 1.54) is 39.3 Å². The molecule has 0 N–H and O–H groups in total. The number of hydrogen-bond acceptors (Lipinski definition) is 2. The third kappa shape index (κ3) is 484. The van der Waals surface area contributed by atoms with Crippen molar-refractivity contribution in [1.82, 2.24) is 0 Å². The van der Waals surface area contributed by atoms with E-state index in [4.69, 9.17) is 9.59 Å². The first kappa shape index (κ1) is 29.4. The molecule has 3 heteroatoms. The Hall–Kier alpha value is 0.0543. The number of unbranched alkanes of at least 4 members (excludes halogenated alkanes) is 2. The molecule has 0 rings (SSSR count). The summed E-state index contributed by atoms with van der Waals surface area (Å²) in [7, 11) is 0. The summed E-state index contributed by atoms with van der Waals surface area (Å²) in [5, 5.41) is 0. The fourth-order valence-corrected chi connectivity index (χ4v) is 0. The molecule has 0 aliphatic rings. The first-order valence-corrected chi connectivity index (χ1v) is 4.82. The molecule has 88 valence electrons. The molecular formula is C12H24O2Ti. The van der Waals surface area contributed by atoms with Gasteiger partial charge in [-0.15, -0.1) is 0 Å². The van der Waals surface area contributed by atoms with E-state index in [0.29, 0.717) is 0 Å². The van der Waals surface area contributed by atoms with Crippen LogP contribution in [0.2, 0.25) is 0 Å². The molecule has 0 radical (unpaired) electrons. The summed E-state index contributed by atoms with van der Waals surface area (Å²) in [6.45, 7) is 14.1. The summed E-state index contributed by atoms with van der Waals surface area (Å²) in [5.41, 5.74) is 0. The molecule has 0 aromatic carbocycles. The van der Waals surface area contributed by atoms with E-state index in [1.54, 1.807) is 0 Å². The van der Waals surface area contributed by atoms with Crippen molar-refractivity contribution in [1.29, 1.82) is 0 Å². The van der Waals surface area contributed by atoms with Crippen LogP contribution in [-0.4, -0.2) is 12.6 Å². The van der Waals surface area contributed by atoms with E-state index in [0.717, 1.165) is 12.8 Å². The van der Waals surface area contributed by atoms with Crippen molar-refractivity contribution in [3.63, 3.8) is 0 Å². The minimum absolute atomic E-state index is 0. The van der Waals surface area contributed by atoms with Gasteiger partial charge in [0.1, 0.15) is 0 Å². The van der Waals surface area contributed by atoms with E-state index in [2.05, 4.69) is 27.7 Å². The van der Waals surface area contributed by atoms with Crippen molar-refractivity contribution in [2.45, 2.75) is 53.4 Å². The van der Waals surface area contributed by atoms with Crippen molar-refractivity contribution < 1.29 is 31.3 Å².